The highest BCUT2D eigenvalue weighted by atomic mass is 32.2. The van der Waals surface area contributed by atoms with E-state index in [0.29, 0.717) is 41.4 Å². The maximum atomic E-state index is 12.5. The molecular weight excluding hydrogens is 534 g/mol. The summed E-state index contributed by atoms with van der Waals surface area (Å²) in [5, 5.41) is 27.1. The van der Waals surface area contributed by atoms with Gasteiger partial charge < -0.3 is 25.2 Å². The van der Waals surface area contributed by atoms with Crippen molar-refractivity contribution in [2.24, 2.45) is 5.41 Å². The molecule has 13 heteroatoms. The summed E-state index contributed by atoms with van der Waals surface area (Å²) in [7, 11) is -3.48. The van der Waals surface area contributed by atoms with Crippen LogP contribution >= 0.6 is 0 Å². The first kappa shape index (κ1) is 26.6. The Hall–Kier alpha value is -3.57. The van der Waals surface area contributed by atoms with Crippen LogP contribution in [0.15, 0.2) is 36.9 Å². The molecule has 0 unspecified atom stereocenters. The molecule has 210 valence electrons. The van der Waals surface area contributed by atoms with Gasteiger partial charge in [-0.2, -0.15) is 9.19 Å². The molecule has 1 saturated carbocycles. The van der Waals surface area contributed by atoms with Crippen LogP contribution in [-0.2, 0) is 14.8 Å². The van der Waals surface area contributed by atoms with Crippen molar-refractivity contribution in [2.75, 3.05) is 43.1 Å². The zero-order valence-corrected chi connectivity index (χ0v) is 22.9. The molecule has 3 N–H and O–H groups in total. The van der Waals surface area contributed by atoms with Crippen LogP contribution in [0, 0.1) is 17.3 Å². The third-order valence-electron chi connectivity index (χ3n) is 7.62. The SMILES string of the molecule is CC1(CO)CCN(c2cc(Nc3ccnc(-c4cnn(S(=O)(=O)C5CC5)c4)n3)ncc2C#CC2(O)COC2)CC1. The van der Waals surface area contributed by atoms with Crippen LogP contribution in [0.25, 0.3) is 11.4 Å². The Kier molecular flexibility index (Phi) is 6.74. The predicted octanol–water partition coefficient (Wildman–Crippen LogP) is 1.53. The maximum Gasteiger partial charge on any atom is 0.256 e. The second-order valence-electron chi connectivity index (χ2n) is 11.1. The van der Waals surface area contributed by atoms with Gasteiger partial charge in [0, 0.05) is 38.2 Å². The number of rotatable bonds is 7. The Bertz CT molecular complexity index is 1580. The van der Waals surface area contributed by atoms with Crippen molar-refractivity contribution < 1.29 is 23.4 Å². The first-order valence-corrected chi connectivity index (χ1v) is 14.8. The highest BCUT2D eigenvalue weighted by Crippen LogP contribution is 2.35. The summed E-state index contributed by atoms with van der Waals surface area (Å²) in [4.78, 5) is 15.6. The molecule has 40 heavy (non-hydrogen) atoms. The summed E-state index contributed by atoms with van der Waals surface area (Å²) in [6.45, 7) is 4.09. The van der Waals surface area contributed by atoms with Crippen molar-refractivity contribution in [1.29, 1.82) is 0 Å². The van der Waals surface area contributed by atoms with E-state index in [-0.39, 0.29) is 30.5 Å². The molecule has 1 aliphatic carbocycles. The molecule has 3 aromatic rings. The number of aliphatic hydroxyl groups excluding tert-OH is 1. The van der Waals surface area contributed by atoms with Gasteiger partial charge in [0.2, 0.25) is 0 Å². The molecule has 0 atom stereocenters. The summed E-state index contributed by atoms with van der Waals surface area (Å²) in [5.41, 5.74) is 0.790. The minimum atomic E-state index is -3.48. The Morgan fingerprint density at radius 2 is 1.95 bits per heavy atom. The van der Waals surface area contributed by atoms with Crippen LogP contribution in [0.2, 0.25) is 0 Å². The summed E-state index contributed by atoms with van der Waals surface area (Å²) < 4.78 is 31.1. The minimum Gasteiger partial charge on any atom is -0.396 e. The molecule has 0 aromatic carbocycles. The number of aromatic nitrogens is 5. The lowest BCUT2D eigenvalue weighted by Crippen LogP contribution is -2.48. The molecular formula is C27H31N7O5S. The van der Waals surface area contributed by atoms with Crippen molar-refractivity contribution >= 4 is 27.3 Å². The van der Waals surface area contributed by atoms with Crippen LogP contribution in [0.1, 0.15) is 38.2 Å². The van der Waals surface area contributed by atoms with Gasteiger partial charge in [0.25, 0.3) is 10.0 Å². The van der Waals surface area contributed by atoms with E-state index in [1.807, 2.05) is 6.07 Å². The van der Waals surface area contributed by atoms with E-state index in [1.54, 1.807) is 18.5 Å². The Labute approximate surface area is 232 Å². The largest absolute Gasteiger partial charge is 0.396 e. The van der Waals surface area contributed by atoms with Gasteiger partial charge in [0.1, 0.15) is 11.6 Å². The molecule has 0 spiro atoms. The van der Waals surface area contributed by atoms with E-state index in [0.717, 1.165) is 35.7 Å². The number of hydrogen-bond donors (Lipinski definition) is 3. The molecule has 0 radical (unpaired) electrons. The number of hydrogen-bond acceptors (Lipinski definition) is 11. The van der Waals surface area contributed by atoms with E-state index in [2.05, 4.69) is 49.0 Å². The van der Waals surface area contributed by atoms with Gasteiger partial charge in [-0.15, -0.1) is 0 Å². The van der Waals surface area contributed by atoms with Crippen LogP contribution in [-0.4, -0.2) is 86.5 Å². The van der Waals surface area contributed by atoms with Gasteiger partial charge in [0.05, 0.1) is 47.7 Å². The number of nitrogens with zero attached hydrogens (tertiary/aromatic N) is 6. The van der Waals surface area contributed by atoms with E-state index >= 15 is 0 Å². The van der Waals surface area contributed by atoms with Gasteiger partial charge in [-0.3, -0.25) is 0 Å². The molecule has 2 saturated heterocycles. The van der Waals surface area contributed by atoms with Gasteiger partial charge in [-0.05, 0) is 37.2 Å². The predicted molar refractivity (Wildman–Crippen MR) is 147 cm³/mol. The van der Waals surface area contributed by atoms with E-state index < -0.39 is 15.6 Å². The van der Waals surface area contributed by atoms with Crippen LogP contribution < -0.4 is 10.2 Å². The first-order chi connectivity index (χ1) is 19.2. The van der Waals surface area contributed by atoms with E-state index in [9.17, 15) is 18.6 Å². The summed E-state index contributed by atoms with van der Waals surface area (Å²) in [5.74, 6) is 7.36. The lowest BCUT2D eigenvalue weighted by atomic mass is 9.81. The van der Waals surface area contributed by atoms with Crippen LogP contribution in [0.3, 0.4) is 0 Å². The van der Waals surface area contributed by atoms with E-state index in [4.69, 9.17) is 4.74 Å². The van der Waals surface area contributed by atoms with Gasteiger partial charge in [-0.1, -0.05) is 18.8 Å². The summed E-state index contributed by atoms with van der Waals surface area (Å²) in [6, 6.07) is 3.60. The second kappa shape index (κ2) is 10.1. The normalized spacial score (nSPS) is 19.8. The monoisotopic (exact) mass is 565 g/mol. The number of nitrogens with one attached hydrogen (secondary N) is 1. The third-order valence-corrected chi connectivity index (χ3v) is 9.66. The second-order valence-corrected chi connectivity index (χ2v) is 13.1. The number of anilines is 3. The highest BCUT2D eigenvalue weighted by Gasteiger charge is 2.38. The highest BCUT2D eigenvalue weighted by molar-refractivity contribution is 7.90. The molecule has 6 rings (SSSR count). The third kappa shape index (κ3) is 5.40. The Morgan fingerprint density at radius 1 is 1.18 bits per heavy atom. The van der Waals surface area contributed by atoms with Gasteiger partial charge in [0.15, 0.2) is 11.4 Å². The minimum absolute atomic E-state index is 0.113. The molecule has 0 amide bonds. The van der Waals surface area contributed by atoms with Gasteiger partial charge >= 0.3 is 0 Å². The molecule has 5 heterocycles. The summed E-state index contributed by atoms with van der Waals surface area (Å²) >= 11 is 0. The number of ether oxygens (including phenoxy) is 1. The standard InChI is InChI=1S/C27H31N7O5S/c1-26(16-35)7-10-33(11-8-26)22-12-24(29-13-19(22)4-6-27(36)17-39-18-27)31-23-5-9-28-25(32-23)20-14-30-34(15-20)40(37,38)21-2-3-21/h5,9,12-15,21,35-36H,2-3,7-8,10-11,16-18H2,1H3,(H,28,29,31,32). The Morgan fingerprint density at radius 3 is 2.62 bits per heavy atom. The number of aliphatic hydroxyl groups is 2. The lowest BCUT2D eigenvalue weighted by molar-refractivity contribution is -0.140. The lowest BCUT2D eigenvalue weighted by Gasteiger charge is -2.39. The molecule has 3 aliphatic rings. The molecule has 0 bridgehead atoms. The van der Waals surface area contributed by atoms with Crippen molar-refractivity contribution in [3.8, 4) is 23.2 Å². The first-order valence-electron chi connectivity index (χ1n) is 13.3. The molecule has 12 nitrogen and oxygen atoms in total. The van der Waals surface area contributed by atoms with Gasteiger partial charge in [-0.25, -0.2) is 23.4 Å². The van der Waals surface area contributed by atoms with Crippen LogP contribution in [0.4, 0.5) is 17.3 Å². The molecule has 3 fully saturated rings. The topological polar surface area (TPSA) is 156 Å². The van der Waals surface area contributed by atoms with Crippen molar-refractivity contribution in [3.63, 3.8) is 0 Å². The zero-order valence-electron chi connectivity index (χ0n) is 22.1. The molecule has 3 aromatic heterocycles. The zero-order chi connectivity index (χ0) is 28.0. The van der Waals surface area contributed by atoms with Crippen molar-refractivity contribution in [2.45, 2.75) is 43.5 Å². The fourth-order valence-electron chi connectivity index (χ4n) is 4.64. The average Bonchev–Trinajstić information content (AvgIpc) is 3.69. The number of piperidine rings is 1. The fourth-order valence-corrected chi connectivity index (χ4v) is 6.12. The van der Waals surface area contributed by atoms with Crippen molar-refractivity contribution in [1.82, 2.24) is 24.1 Å². The summed E-state index contributed by atoms with van der Waals surface area (Å²) in [6.07, 6.45) is 9.11. The van der Waals surface area contributed by atoms with Crippen LogP contribution in [0.5, 0.6) is 0 Å². The van der Waals surface area contributed by atoms with E-state index in [1.165, 1.54) is 12.4 Å². The quantitative estimate of drug-likeness (QED) is 0.357. The fraction of sp³-hybridized carbons (Fsp3) is 0.481. The maximum absolute atomic E-state index is 12.5. The molecule has 2 aliphatic heterocycles. The number of pyridine rings is 1. The average molecular weight is 566 g/mol. The Balaban J connectivity index is 1.26. The smallest absolute Gasteiger partial charge is 0.256 e. The van der Waals surface area contributed by atoms with Crippen molar-refractivity contribution in [3.05, 3.63) is 42.5 Å².